The van der Waals surface area contributed by atoms with Gasteiger partial charge in [0.1, 0.15) is 0 Å². The summed E-state index contributed by atoms with van der Waals surface area (Å²) in [7, 11) is 1.73. The molecule has 0 spiro atoms. The van der Waals surface area contributed by atoms with Crippen molar-refractivity contribution >= 4 is 39.0 Å². The lowest BCUT2D eigenvalue weighted by atomic mass is 10.1. The molecule has 2 unspecified atom stereocenters. The van der Waals surface area contributed by atoms with Gasteiger partial charge in [0.15, 0.2) is 0 Å². The molecule has 1 rings (SSSR count). The van der Waals surface area contributed by atoms with Crippen molar-refractivity contribution in [2.75, 3.05) is 19.5 Å². The Morgan fingerprint density at radius 3 is 2.81 bits per heavy atom. The zero-order chi connectivity index (χ0) is 12.0. The van der Waals surface area contributed by atoms with Crippen molar-refractivity contribution in [3.63, 3.8) is 0 Å². The topological polar surface area (TPSA) is 35.2 Å². The van der Waals surface area contributed by atoms with Gasteiger partial charge in [-0.05, 0) is 34.5 Å². The Bertz CT molecular complexity index is 306. The van der Waals surface area contributed by atoms with E-state index in [1.165, 1.54) is 8.66 Å². The van der Waals surface area contributed by atoms with E-state index in [0.717, 1.165) is 18.8 Å². The van der Waals surface area contributed by atoms with Gasteiger partial charge >= 0.3 is 0 Å². The Morgan fingerprint density at radius 2 is 2.31 bits per heavy atom. The molecule has 92 valence electrons. The van der Waals surface area contributed by atoms with Crippen LogP contribution in [0, 0.1) is 0 Å². The van der Waals surface area contributed by atoms with Crippen molar-refractivity contribution in [2.45, 2.75) is 24.6 Å². The molecule has 1 aromatic rings. The number of halogens is 1. The Morgan fingerprint density at radius 1 is 1.56 bits per heavy atom. The molecule has 0 aliphatic heterocycles. The van der Waals surface area contributed by atoms with E-state index >= 15 is 0 Å². The minimum atomic E-state index is 0.215. The van der Waals surface area contributed by atoms with Crippen LogP contribution in [0.1, 0.15) is 23.5 Å². The second-order valence-electron chi connectivity index (χ2n) is 3.50. The van der Waals surface area contributed by atoms with Gasteiger partial charge in [-0.25, -0.2) is 0 Å². The molecule has 0 bridgehead atoms. The third-order valence-corrected chi connectivity index (χ3v) is 5.54. The Balaban J connectivity index is 2.63. The van der Waals surface area contributed by atoms with E-state index in [1.807, 2.05) is 11.8 Å². The van der Waals surface area contributed by atoms with Crippen LogP contribution in [-0.2, 0) is 4.74 Å². The molecule has 0 saturated heterocycles. The van der Waals surface area contributed by atoms with Crippen LogP contribution in [-0.4, -0.2) is 25.5 Å². The molecule has 0 aliphatic carbocycles. The number of rotatable bonds is 7. The van der Waals surface area contributed by atoms with Crippen LogP contribution in [0.2, 0.25) is 0 Å². The van der Waals surface area contributed by atoms with Crippen LogP contribution >= 0.6 is 39.0 Å². The van der Waals surface area contributed by atoms with Crippen LogP contribution < -0.4 is 5.73 Å². The molecule has 0 radical (unpaired) electrons. The van der Waals surface area contributed by atoms with E-state index in [-0.39, 0.29) is 6.04 Å². The second kappa shape index (κ2) is 7.71. The van der Waals surface area contributed by atoms with Gasteiger partial charge in [0.05, 0.1) is 15.6 Å². The molecule has 2 nitrogen and oxygen atoms in total. The quantitative estimate of drug-likeness (QED) is 0.777. The number of thioether (sulfide) groups is 1. The van der Waals surface area contributed by atoms with E-state index in [9.17, 15) is 0 Å². The maximum atomic E-state index is 6.17. The fraction of sp³-hybridized carbons (Fsp3) is 0.636. The molecule has 0 fully saturated rings. The van der Waals surface area contributed by atoms with Gasteiger partial charge in [0.25, 0.3) is 0 Å². The Hall–Kier alpha value is 0.450. The zero-order valence-corrected chi connectivity index (χ0v) is 12.8. The summed E-state index contributed by atoms with van der Waals surface area (Å²) >= 11 is 7.15. The number of ether oxygens (including phenoxy) is 1. The van der Waals surface area contributed by atoms with E-state index < -0.39 is 0 Å². The van der Waals surface area contributed by atoms with Crippen LogP contribution in [0.3, 0.4) is 0 Å². The average molecular weight is 324 g/mol. The van der Waals surface area contributed by atoms with Crippen molar-refractivity contribution in [1.82, 2.24) is 0 Å². The number of hydrogen-bond acceptors (Lipinski definition) is 4. The molecule has 0 aliphatic rings. The minimum Gasteiger partial charge on any atom is -0.384 e. The van der Waals surface area contributed by atoms with E-state index in [2.05, 4.69) is 35.0 Å². The number of thiophene rings is 1. The monoisotopic (exact) mass is 323 g/mol. The zero-order valence-electron chi connectivity index (χ0n) is 9.61. The lowest BCUT2D eigenvalue weighted by molar-refractivity contribution is 0.218. The van der Waals surface area contributed by atoms with Crippen LogP contribution in [0.25, 0.3) is 0 Å². The maximum Gasteiger partial charge on any atom is 0.0701 e. The summed E-state index contributed by atoms with van der Waals surface area (Å²) in [6.07, 6.45) is 1.00. The molecule has 0 saturated carbocycles. The van der Waals surface area contributed by atoms with Gasteiger partial charge in [-0.2, -0.15) is 0 Å². The van der Waals surface area contributed by atoms with Gasteiger partial charge in [-0.15, -0.1) is 23.1 Å². The SMILES string of the molecule is CCC(N)C(SCCOC)c1ccc(Br)s1. The van der Waals surface area contributed by atoms with Crippen molar-refractivity contribution < 1.29 is 4.74 Å². The lowest BCUT2D eigenvalue weighted by Gasteiger charge is -2.21. The molecule has 1 heterocycles. The first-order chi connectivity index (χ1) is 7.69. The standard InChI is InChI=1S/C11H18BrNOS2/c1-3-8(13)11(15-7-6-14-2)9-4-5-10(12)16-9/h4-5,8,11H,3,6-7,13H2,1-2H3. The largest absolute Gasteiger partial charge is 0.384 e. The molecule has 5 heteroatoms. The van der Waals surface area contributed by atoms with Crippen LogP contribution in [0.15, 0.2) is 15.9 Å². The summed E-state index contributed by atoms with van der Waals surface area (Å²) in [5.41, 5.74) is 6.17. The summed E-state index contributed by atoms with van der Waals surface area (Å²) in [5, 5.41) is 0.386. The molecule has 2 atom stereocenters. The Labute approximate surface area is 114 Å². The van der Waals surface area contributed by atoms with E-state index in [1.54, 1.807) is 18.4 Å². The highest BCUT2D eigenvalue weighted by Crippen LogP contribution is 2.38. The van der Waals surface area contributed by atoms with Crippen molar-refractivity contribution in [2.24, 2.45) is 5.73 Å². The first-order valence-electron chi connectivity index (χ1n) is 5.30. The highest BCUT2D eigenvalue weighted by Gasteiger charge is 2.20. The minimum absolute atomic E-state index is 0.215. The van der Waals surface area contributed by atoms with E-state index in [0.29, 0.717) is 5.25 Å². The molecule has 2 N–H and O–H groups in total. The summed E-state index contributed by atoms with van der Waals surface area (Å²) in [4.78, 5) is 1.35. The smallest absolute Gasteiger partial charge is 0.0701 e. The van der Waals surface area contributed by atoms with Crippen molar-refractivity contribution in [3.8, 4) is 0 Å². The molecular formula is C11H18BrNOS2. The molecule has 1 aromatic heterocycles. The molecule has 0 aromatic carbocycles. The fourth-order valence-corrected chi connectivity index (χ4v) is 4.40. The second-order valence-corrected chi connectivity index (χ2v) is 7.24. The fourth-order valence-electron chi connectivity index (χ4n) is 1.37. The molecule has 16 heavy (non-hydrogen) atoms. The average Bonchev–Trinajstić information content (AvgIpc) is 2.70. The summed E-state index contributed by atoms with van der Waals surface area (Å²) in [6, 6.07) is 4.47. The summed E-state index contributed by atoms with van der Waals surface area (Å²) < 4.78 is 6.25. The summed E-state index contributed by atoms with van der Waals surface area (Å²) in [6.45, 7) is 2.92. The predicted molar refractivity (Wildman–Crippen MR) is 77.4 cm³/mol. The number of nitrogens with two attached hydrogens (primary N) is 1. The Kier molecular flexibility index (Phi) is 7.00. The number of methoxy groups -OCH3 is 1. The third-order valence-electron chi connectivity index (χ3n) is 2.32. The van der Waals surface area contributed by atoms with Gasteiger partial charge in [0.2, 0.25) is 0 Å². The summed E-state index contributed by atoms with van der Waals surface area (Å²) in [5.74, 6) is 0.990. The maximum absolute atomic E-state index is 6.17. The highest BCUT2D eigenvalue weighted by atomic mass is 79.9. The number of hydrogen-bond donors (Lipinski definition) is 1. The third kappa shape index (κ3) is 4.37. The molecule has 0 amide bonds. The normalized spacial score (nSPS) is 15.0. The van der Waals surface area contributed by atoms with Crippen LogP contribution in [0.4, 0.5) is 0 Å². The van der Waals surface area contributed by atoms with Crippen molar-refractivity contribution in [3.05, 3.63) is 20.8 Å². The first kappa shape index (κ1) is 14.5. The van der Waals surface area contributed by atoms with Gasteiger partial charge in [-0.3, -0.25) is 0 Å². The van der Waals surface area contributed by atoms with Gasteiger partial charge in [-0.1, -0.05) is 6.92 Å². The molecular weight excluding hydrogens is 306 g/mol. The van der Waals surface area contributed by atoms with E-state index in [4.69, 9.17) is 10.5 Å². The predicted octanol–water partition coefficient (Wildman–Crippen LogP) is 3.67. The van der Waals surface area contributed by atoms with Crippen LogP contribution in [0.5, 0.6) is 0 Å². The highest BCUT2D eigenvalue weighted by molar-refractivity contribution is 9.11. The van der Waals surface area contributed by atoms with Gasteiger partial charge in [0, 0.05) is 23.8 Å². The lowest BCUT2D eigenvalue weighted by Crippen LogP contribution is -2.25. The van der Waals surface area contributed by atoms with Crippen molar-refractivity contribution in [1.29, 1.82) is 0 Å². The van der Waals surface area contributed by atoms with Gasteiger partial charge < -0.3 is 10.5 Å². The first-order valence-corrected chi connectivity index (χ1v) is 7.96.